The van der Waals surface area contributed by atoms with E-state index in [-0.39, 0.29) is 22.8 Å². The van der Waals surface area contributed by atoms with Crippen molar-refractivity contribution >= 4 is 11.0 Å². The lowest BCUT2D eigenvalue weighted by Crippen LogP contribution is -2.55. The molecule has 0 saturated carbocycles. The van der Waals surface area contributed by atoms with E-state index in [1.807, 2.05) is 0 Å². The van der Waals surface area contributed by atoms with Gasteiger partial charge in [0.25, 0.3) is 0 Å². The maximum absolute atomic E-state index is 13.6. The Balaban J connectivity index is 1.82. The quantitative estimate of drug-likeness (QED) is 0.136. The van der Waals surface area contributed by atoms with Crippen LogP contribution in [0, 0.1) is 0 Å². The minimum Gasteiger partial charge on any atom is -0.507 e. The Morgan fingerprint density at radius 1 is 0.727 bits per heavy atom. The smallest absolute Gasteiger partial charge is 0.197 e. The Bertz CT molecular complexity index is 1580. The zero-order valence-electron chi connectivity index (χ0n) is 23.0. The Kier molecular flexibility index (Phi) is 8.76. The van der Waals surface area contributed by atoms with Crippen LogP contribution < -0.4 is 10.2 Å². The minimum atomic E-state index is -2.04. The van der Waals surface area contributed by atoms with E-state index in [1.54, 1.807) is 0 Å². The molecule has 1 aromatic heterocycles. The van der Waals surface area contributed by atoms with Crippen molar-refractivity contribution < 1.29 is 74.8 Å². The SMILES string of the molecule is COc1cc(-c2cc(=O)c3c(O)c([C@@H]4OC(CO)[C@@H](O)[C@H](O)C4O)c(O)c([C@@H]4OC(CO)[C@@H](O)[C@H](O)C4O)c3o2)ccc1O. The number of methoxy groups -OCH3 is 1. The number of fused-ring (bicyclic) bond motifs is 1. The summed E-state index contributed by atoms with van der Waals surface area (Å²) in [6.45, 7) is -1.72. The summed E-state index contributed by atoms with van der Waals surface area (Å²) < 4.78 is 22.2. The van der Waals surface area contributed by atoms with Crippen molar-refractivity contribution in [2.75, 3.05) is 20.3 Å². The van der Waals surface area contributed by atoms with Gasteiger partial charge in [-0.05, 0) is 18.2 Å². The fourth-order valence-electron chi connectivity index (χ4n) is 5.59. The molecule has 10 atom stereocenters. The molecule has 0 amide bonds. The Hall–Kier alpha value is -3.55. The van der Waals surface area contributed by atoms with Crippen LogP contribution in [0.15, 0.2) is 33.5 Å². The van der Waals surface area contributed by atoms with E-state index in [9.17, 15) is 61.0 Å². The number of rotatable bonds is 6. The summed E-state index contributed by atoms with van der Waals surface area (Å²) in [5, 5.41) is 115. The summed E-state index contributed by atoms with van der Waals surface area (Å²) in [5.74, 6) is -2.44. The van der Waals surface area contributed by atoms with Gasteiger partial charge in [-0.3, -0.25) is 4.79 Å². The first-order valence-corrected chi connectivity index (χ1v) is 13.4. The number of aliphatic hydroxyl groups excluding tert-OH is 8. The summed E-state index contributed by atoms with van der Waals surface area (Å²) in [5.41, 5.74) is -2.68. The maximum atomic E-state index is 13.6. The molecule has 3 aromatic rings. The highest BCUT2D eigenvalue weighted by Gasteiger charge is 2.50. The van der Waals surface area contributed by atoms with Crippen molar-refractivity contribution in [3.8, 4) is 34.3 Å². The Morgan fingerprint density at radius 2 is 1.27 bits per heavy atom. The second-order valence-electron chi connectivity index (χ2n) is 10.6. The predicted octanol–water partition coefficient (Wildman–Crippen LogP) is -2.38. The maximum Gasteiger partial charge on any atom is 0.197 e. The highest BCUT2D eigenvalue weighted by molar-refractivity contribution is 5.92. The first kappa shape index (κ1) is 31.9. The second-order valence-corrected chi connectivity index (χ2v) is 10.6. The standard InChI is InChI=1S/C28H32O16/c1-41-12-4-8(2-3-9(12)31)11-5-10(32)15-20(35)16(27-24(39)22(37)18(33)13(6-29)43-27)21(36)17(26(15)42-11)28-25(40)23(38)19(34)14(7-30)44-28/h2-5,13-14,18-19,22-25,27-31,33-40H,6-7H2,1H3/t13?,14?,18-,19-,22+,23+,24?,25?,27+,28+/m1/s1. The van der Waals surface area contributed by atoms with Crippen LogP contribution in [0.2, 0.25) is 0 Å². The number of hydrogen-bond donors (Lipinski definition) is 11. The van der Waals surface area contributed by atoms with Crippen molar-refractivity contribution in [1.82, 2.24) is 0 Å². The third-order valence-corrected chi connectivity index (χ3v) is 8.01. The minimum absolute atomic E-state index is 0.00284. The van der Waals surface area contributed by atoms with Gasteiger partial charge in [0, 0.05) is 11.6 Å². The van der Waals surface area contributed by atoms with Gasteiger partial charge in [-0.2, -0.15) is 0 Å². The van der Waals surface area contributed by atoms with Crippen LogP contribution in [-0.2, 0) is 9.47 Å². The molecule has 44 heavy (non-hydrogen) atoms. The van der Waals surface area contributed by atoms with Gasteiger partial charge in [-0.25, -0.2) is 0 Å². The molecule has 0 radical (unpaired) electrons. The molecular weight excluding hydrogens is 592 g/mol. The Labute approximate surface area is 247 Å². The molecular formula is C28H32O16. The molecule has 11 N–H and O–H groups in total. The van der Waals surface area contributed by atoms with Crippen molar-refractivity contribution in [2.45, 2.75) is 61.0 Å². The van der Waals surface area contributed by atoms with E-state index in [0.717, 1.165) is 6.07 Å². The largest absolute Gasteiger partial charge is 0.507 e. The molecule has 0 bridgehead atoms. The first-order chi connectivity index (χ1) is 20.9. The summed E-state index contributed by atoms with van der Waals surface area (Å²) in [4.78, 5) is 13.6. The molecule has 5 rings (SSSR count). The molecule has 240 valence electrons. The third kappa shape index (κ3) is 5.04. The highest BCUT2D eigenvalue weighted by Crippen LogP contribution is 2.51. The van der Waals surface area contributed by atoms with Crippen LogP contribution in [0.5, 0.6) is 23.0 Å². The molecule has 2 fully saturated rings. The molecule has 16 nitrogen and oxygen atoms in total. The van der Waals surface area contributed by atoms with E-state index >= 15 is 0 Å². The summed E-state index contributed by atoms with van der Waals surface area (Å²) in [6.07, 6.45) is -18.3. The predicted molar refractivity (Wildman–Crippen MR) is 145 cm³/mol. The van der Waals surface area contributed by atoms with Crippen molar-refractivity contribution in [3.63, 3.8) is 0 Å². The highest BCUT2D eigenvalue weighted by atomic mass is 16.6. The van der Waals surface area contributed by atoms with Gasteiger partial charge in [0.15, 0.2) is 22.5 Å². The van der Waals surface area contributed by atoms with Crippen LogP contribution in [0.3, 0.4) is 0 Å². The Morgan fingerprint density at radius 3 is 1.80 bits per heavy atom. The molecule has 2 aliphatic heterocycles. The fourth-order valence-corrected chi connectivity index (χ4v) is 5.59. The van der Waals surface area contributed by atoms with Gasteiger partial charge in [-0.1, -0.05) is 0 Å². The van der Waals surface area contributed by atoms with Crippen LogP contribution >= 0.6 is 0 Å². The zero-order chi connectivity index (χ0) is 32.2. The average molecular weight is 625 g/mol. The first-order valence-electron chi connectivity index (χ1n) is 13.4. The number of aromatic hydroxyl groups is 3. The number of benzene rings is 2. The van der Waals surface area contributed by atoms with Crippen LogP contribution in [0.25, 0.3) is 22.3 Å². The van der Waals surface area contributed by atoms with Crippen molar-refractivity contribution in [3.05, 3.63) is 45.6 Å². The van der Waals surface area contributed by atoms with Gasteiger partial charge in [0.2, 0.25) is 0 Å². The van der Waals surface area contributed by atoms with Gasteiger partial charge in [-0.15, -0.1) is 0 Å². The number of ether oxygens (including phenoxy) is 3. The van der Waals surface area contributed by atoms with E-state index in [0.29, 0.717) is 0 Å². The number of hydrogen-bond acceptors (Lipinski definition) is 16. The number of phenols is 3. The lowest BCUT2D eigenvalue weighted by Gasteiger charge is -2.42. The third-order valence-electron chi connectivity index (χ3n) is 8.01. The van der Waals surface area contributed by atoms with Crippen molar-refractivity contribution in [2.24, 2.45) is 0 Å². The topological polar surface area (TPSA) is 280 Å². The average Bonchev–Trinajstić information content (AvgIpc) is 3.00. The van der Waals surface area contributed by atoms with E-state index in [4.69, 9.17) is 18.6 Å². The molecule has 16 heteroatoms. The molecule has 0 spiro atoms. The van der Waals surface area contributed by atoms with E-state index < -0.39 is 113 Å². The monoisotopic (exact) mass is 624 g/mol. The number of aliphatic hydroxyl groups is 8. The van der Waals surface area contributed by atoms with Crippen LogP contribution in [0.4, 0.5) is 0 Å². The fraction of sp³-hybridized carbons (Fsp3) is 0.464. The molecule has 0 aliphatic carbocycles. The van der Waals surface area contributed by atoms with Gasteiger partial charge >= 0.3 is 0 Å². The van der Waals surface area contributed by atoms with Crippen LogP contribution in [-0.4, -0.2) is 125 Å². The molecule has 2 aromatic carbocycles. The molecule has 3 heterocycles. The van der Waals surface area contributed by atoms with Crippen molar-refractivity contribution in [1.29, 1.82) is 0 Å². The molecule has 2 saturated heterocycles. The van der Waals surface area contributed by atoms with E-state index in [2.05, 4.69) is 0 Å². The summed E-state index contributed by atoms with van der Waals surface area (Å²) in [7, 11) is 1.28. The molecule has 4 unspecified atom stereocenters. The molecule has 2 aliphatic rings. The summed E-state index contributed by atoms with van der Waals surface area (Å²) >= 11 is 0. The van der Waals surface area contributed by atoms with Gasteiger partial charge in [0.1, 0.15) is 83.7 Å². The summed E-state index contributed by atoms with van der Waals surface area (Å²) in [6, 6.07) is 4.86. The van der Waals surface area contributed by atoms with Crippen LogP contribution in [0.1, 0.15) is 23.3 Å². The van der Waals surface area contributed by atoms with Gasteiger partial charge in [0.05, 0.1) is 31.5 Å². The normalized spacial score (nSPS) is 32.6. The lowest BCUT2D eigenvalue weighted by atomic mass is 9.85. The van der Waals surface area contributed by atoms with E-state index in [1.165, 1.54) is 25.3 Å². The van der Waals surface area contributed by atoms with Gasteiger partial charge < -0.3 is 74.8 Å². The number of phenolic OH excluding ortho intramolecular Hbond substituents is 3. The lowest BCUT2D eigenvalue weighted by molar-refractivity contribution is -0.234. The zero-order valence-corrected chi connectivity index (χ0v) is 23.0. The second kappa shape index (κ2) is 12.1.